The Kier molecular flexibility index (Phi) is 11.1. The highest BCUT2D eigenvalue weighted by Gasteiger charge is 2.36. The van der Waals surface area contributed by atoms with Crippen LogP contribution in [0.1, 0.15) is 36.1 Å². The summed E-state index contributed by atoms with van der Waals surface area (Å²) in [4.78, 5) is 28.9. The Morgan fingerprint density at radius 1 is 0.851 bits per heavy atom. The molecule has 1 unspecified atom stereocenters. The van der Waals surface area contributed by atoms with Crippen LogP contribution in [0.4, 0.5) is 23.2 Å². The molecule has 0 aromatic heterocycles. The van der Waals surface area contributed by atoms with Crippen LogP contribution >= 0.6 is 0 Å². The van der Waals surface area contributed by atoms with Crippen LogP contribution in [0.2, 0.25) is 0 Å². The van der Waals surface area contributed by atoms with Crippen LogP contribution in [0.5, 0.6) is 0 Å². The third-order valence-electron chi connectivity index (χ3n) is 7.35. The number of benzene rings is 4. The Hall–Kier alpha value is -4.71. The Balaban J connectivity index is 1.86. The number of anilines is 1. The van der Waals surface area contributed by atoms with Crippen molar-refractivity contribution >= 4 is 27.5 Å². The molecule has 47 heavy (non-hydrogen) atoms. The van der Waals surface area contributed by atoms with Gasteiger partial charge in [0.15, 0.2) is 0 Å². The molecule has 0 spiro atoms. The van der Waals surface area contributed by atoms with Crippen molar-refractivity contribution in [2.75, 3.05) is 10.8 Å². The number of carbonyl (C=O) groups excluding carboxylic acids is 2. The molecule has 12 heteroatoms. The third-order valence-corrected chi connectivity index (χ3v) is 9.14. The SMILES string of the molecule is Cc1ccc(S(=O)(=O)N(CC(=O)N(Cc2ccccc2F)C(Cc2ccccc2)C(=O)NC(C)C)c2cccc(C(F)(F)F)c2)cc1. The first-order valence-corrected chi connectivity index (χ1v) is 16.2. The summed E-state index contributed by atoms with van der Waals surface area (Å²) in [5.41, 5.74) is -0.0616. The molecule has 0 saturated carbocycles. The van der Waals surface area contributed by atoms with Gasteiger partial charge >= 0.3 is 6.18 Å². The molecule has 2 amide bonds. The van der Waals surface area contributed by atoms with E-state index in [1.54, 1.807) is 57.2 Å². The molecule has 7 nitrogen and oxygen atoms in total. The van der Waals surface area contributed by atoms with E-state index in [1.807, 2.05) is 0 Å². The predicted octanol–water partition coefficient (Wildman–Crippen LogP) is 6.51. The summed E-state index contributed by atoms with van der Waals surface area (Å²) in [6.07, 6.45) is -4.81. The molecule has 4 aromatic rings. The summed E-state index contributed by atoms with van der Waals surface area (Å²) in [7, 11) is -4.62. The number of carbonyl (C=O) groups is 2. The highest BCUT2D eigenvalue weighted by atomic mass is 32.2. The summed E-state index contributed by atoms with van der Waals surface area (Å²) < 4.78 is 84.9. The third kappa shape index (κ3) is 8.97. The number of hydrogen-bond acceptors (Lipinski definition) is 4. The molecule has 248 valence electrons. The van der Waals surface area contributed by atoms with Crippen LogP contribution in [-0.4, -0.2) is 43.8 Å². The molecule has 4 aromatic carbocycles. The smallest absolute Gasteiger partial charge is 0.352 e. The van der Waals surface area contributed by atoms with Crippen molar-refractivity contribution in [3.05, 3.63) is 131 Å². The quantitative estimate of drug-likeness (QED) is 0.174. The summed E-state index contributed by atoms with van der Waals surface area (Å²) in [6, 6.07) is 22.1. The molecular formula is C35H35F4N3O4S. The minimum atomic E-state index is -4.80. The average molecular weight is 670 g/mol. The number of rotatable bonds is 12. The fourth-order valence-corrected chi connectivity index (χ4v) is 6.35. The second kappa shape index (κ2) is 14.8. The van der Waals surface area contributed by atoms with E-state index in [2.05, 4.69) is 5.32 Å². The van der Waals surface area contributed by atoms with E-state index in [9.17, 15) is 35.6 Å². The van der Waals surface area contributed by atoms with Gasteiger partial charge in [0.05, 0.1) is 16.1 Å². The van der Waals surface area contributed by atoms with E-state index in [0.29, 0.717) is 15.9 Å². The summed E-state index contributed by atoms with van der Waals surface area (Å²) >= 11 is 0. The Morgan fingerprint density at radius 2 is 1.49 bits per heavy atom. The molecule has 1 N–H and O–H groups in total. The Labute approximate surface area is 271 Å². The number of amides is 2. The van der Waals surface area contributed by atoms with Crippen LogP contribution in [0, 0.1) is 12.7 Å². The van der Waals surface area contributed by atoms with Gasteiger partial charge in [-0.1, -0.05) is 72.3 Å². The molecule has 0 aliphatic heterocycles. The molecule has 0 aliphatic rings. The molecule has 0 radical (unpaired) electrons. The van der Waals surface area contributed by atoms with Gasteiger partial charge in [-0.2, -0.15) is 13.2 Å². The van der Waals surface area contributed by atoms with Crippen LogP contribution in [0.25, 0.3) is 0 Å². The molecule has 0 fully saturated rings. The van der Waals surface area contributed by atoms with Gasteiger partial charge in [0.25, 0.3) is 10.0 Å². The monoisotopic (exact) mass is 669 g/mol. The first kappa shape index (κ1) is 35.1. The van der Waals surface area contributed by atoms with Crippen LogP contribution in [0.3, 0.4) is 0 Å². The molecule has 0 bridgehead atoms. The lowest BCUT2D eigenvalue weighted by molar-refractivity contribution is -0.140. The standard InChI is InChI=1S/C35H35F4N3O4S/c1-24(2)40-34(44)32(20-26-10-5-4-6-11-26)41(22-27-12-7-8-15-31(27)36)33(43)23-42(29-14-9-13-28(21-29)35(37,38)39)47(45,46)30-18-16-25(3)17-19-30/h4-19,21,24,32H,20,22-23H2,1-3H3,(H,40,44). The zero-order valence-electron chi connectivity index (χ0n) is 26.0. The number of alkyl halides is 3. The highest BCUT2D eigenvalue weighted by Crippen LogP contribution is 2.33. The van der Waals surface area contributed by atoms with E-state index in [0.717, 1.165) is 28.7 Å². The van der Waals surface area contributed by atoms with Gasteiger partial charge in [0.2, 0.25) is 11.8 Å². The number of sulfonamides is 1. The van der Waals surface area contributed by atoms with Gasteiger partial charge < -0.3 is 10.2 Å². The van der Waals surface area contributed by atoms with Crippen molar-refractivity contribution in [3.8, 4) is 0 Å². The summed E-state index contributed by atoms with van der Waals surface area (Å²) in [6.45, 7) is 3.79. The minimum absolute atomic E-state index is 0.00609. The molecule has 0 aliphatic carbocycles. The summed E-state index contributed by atoms with van der Waals surface area (Å²) in [5.74, 6) is -2.16. The molecule has 4 rings (SSSR count). The van der Waals surface area contributed by atoms with Crippen molar-refractivity contribution in [2.45, 2.75) is 56.9 Å². The first-order chi connectivity index (χ1) is 22.2. The van der Waals surface area contributed by atoms with Crippen molar-refractivity contribution in [1.82, 2.24) is 10.2 Å². The second-order valence-electron chi connectivity index (χ2n) is 11.4. The van der Waals surface area contributed by atoms with Crippen molar-refractivity contribution in [1.29, 1.82) is 0 Å². The lowest BCUT2D eigenvalue weighted by Gasteiger charge is -2.34. The van der Waals surface area contributed by atoms with Gasteiger partial charge in [0, 0.05) is 24.6 Å². The van der Waals surface area contributed by atoms with E-state index >= 15 is 0 Å². The van der Waals surface area contributed by atoms with Crippen LogP contribution in [0.15, 0.2) is 108 Å². The molecular weight excluding hydrogens is 634 g/mol. The van der Waals surface area contributed by atoms with E-state index in [4.69, 9.17) is 0 Å². The maximum absolute atomic E-state index is 15.0. The summed E-state index contributed by atoms with van der Waals surface area (Å²) in [5, 5.41) is 2.79. The predicted molar refractivity (Wildman–Crippen MR) is 171 cm³/mol. The fourth-order valence-electron chi connectivity index (χ4n) is 4.95. The van der Waals surface area contributed by atoms with Gasteiger partial charge in [0.1, 0.15) is 18.4 Å². The van der Waals surface area contributed by atoms with E-state index in [1.165, 1.54) is 42.5 Å². The van der Waals surface area contributed by atoms with Crippen LogP contribution in [-0.2, 0) is 38.8 Å². The molecule has 1 atom stereocenters. The topological polar surface area (TPSA) is 86.8 Å². The number of halogens is 4. The number of aryl methyl sites for hydroxylation is 1. The minimum Gasteiger partial charge on any atom is -0.352 e. The van der Waals surface area contributed by atoms with Crippen molar-refractivity contribution < 1.29 is 35.6 Å². The molecule has 0 saturated heterocycles. The maximum atomic E-state index is 15.0. The number of hydrogen-bond donors (Lipinski definition) is 1. The first-order valence-electron chi connectivity index (χ1n) is 14.8. The highest BCUT2D eigenvalue weighted by molar-refractivity contribution is 7.92. The van der Waals surface area contributed by atoms with Crippen molar-refractivity contribution in [2.24, 2.45) is 0 Å². The van der Waals surface area contributed by atoms with Gasteiger partial charge in [-0.3, -0.25) is 13.9 Å². The lowest BCUT2D eigenvalue weighted by Crippen LogP contribution is -2.54. The fraction of sp³-hybridized carbons (Fsp3) is 0.257. The zero-order valence-corrected chi connectivity index (χ0v) is 26.9. The van der Waals surface area contributed by atoms with Crippen molar-refractivity contribution in [3.63, 3.8) is 0 Å². The molecule has 0 heterocycles. The Morgan fingerprint density at radius 3 is 2.11 bits per heavy atom. The average Bonchev–Trinajstić information content (AvgIpc) is 3.02. The van der Waals surface area contributed by atoms with Gasteiger partial charge in [-0.25, -0.2) is 12.8 Å². The lowest BCUT2D eigenvalue weighted by atomic mass is 10.0. The Bertz CT molecular complexity index is 1800. The number of nitrogens with zero attached hydrogens (tertiary/aromatic N) is 2. The van der Waals surface area contributed by atoms with E-state index < -0.39 is 64.2 Å². The van der Waals surface area contributed by atoms with Gasteiger partial charge in [-0.05, 0) is 62.7 Å². The largest absolute Gasteiger partial charge is 0.416 e. The van der Waals surface area contributed by atoms with Crippen LogP contribution < -0.4 is 9.62 Å². The zero-order chi connectivity index (χ0) is 34.4. The second-order valence-corrected chi connectivity index (χ2v) is 13.2. The normalized spacial score (nSPS) is 12.4. The maximum Gasteiger partial charge on any atom is 0.416 e. The number of nitrogens with one attached hydrogen (secondary N) is 1. The van der Waals surface area contributed by atoms with E-state index in [-0.39, 0.29) is 22.9 Å². The van der Waals surface area contributed by atoms with Gasteiger partial charge in [-0.15, -0.1) is 0 Å².